The summed E-state index contributed by atoms with van der Waals surface area (Å²) in [6, 6.07) is 14.1. The predicted octanol–water partition coefficient (Wildman–Crippen LogP) is 3.99. The third-order valence-corrected chi connectivity index (χ3v) is 3.31. The molecule has 0 aliphatic carbocycles. The summed E-state index contributed by atoms with van der Waals surface area (Å²) in [4.78, 5) is 4.70. The van der Waals surface area contributed by atoms with E-state index in [0.717, 1.165) is 33.2 Å². The van der Waals surface area contributed by atoms with Gasteiger partial charge in [-0.3, -0.25) is 0 Å². The highest BCUT2D eigenvalue weighted by Gasteiger charge is 2.09. The molecule has 2 aromatic carbocycles. The summed E-state index contributed by atoms with van der Waals surface area (Å²) >= 11 is 0. The van der Waals surface area contributed by atoms with Gasteiger partial charge in [0.15, 0.2) is 0 Å². The van der Waals surface area contributed by atoms with Crippen molar-refractivity contribution in [3.63, 3.8) is 0 Å². The first kappa shape index (κ1) is 12.5. The molecule has 1 aromatic heterocycles. The molecule has 0 amide bonds. The fourth-order valence-corrected chi connectivity index (χ4v) is 2.36. The van der Waals surface area contributed by atoms with Crippen LogP contribution in [0.3, 0.4) is 0 Å². The Bertz CT molecular complexity index is 780. The van der Waals surface area contributed by atoms with E-state index in [4.69, 9.17) is 9.72 Å². The molecule has 20 heavy (non-hydrogen) atoms. The van der Waals surface area contributed by atoms with Gasteiger partial charge >= 0.3 is 0 Å². The molecule has 0 aliphatic rings. The molecule has 3 nitrogen and oxygen atoms in total. The first-order valence-corrected chi connectivity index (χ1v) is 6.55. The van der Waals surface area contributed by atoms with E-state index < -0.39 is 0 Å². The lowest BCUT2D eigenvalue weighted by Gasteiger charge is -2.12. The van der Waals surface area contributed by atoms with Crippen LogP contribution in [0.4, 0.5) is 5.69 Å². The largest absolute Gasteiger partial charge is 0.497 e. The number of anilines is 1. The van der Waals surface area contributed by atoms with Crippen LogP contribution < -0.4 is 10.1 Å². The Morgan fingerprint density at radius 1 is 1.15 bits per heavy atom. The fourth-order valence-electron chi connectivity index (χ4n) is 2.36. The number of para-hydroxylation sites is 1. The Kier molecular flexibility index (Phi) is 3.25. The van der Waals surface area contributed by atoms with E-state index in [1.807, 2.05) is 42.5 Å². The van der Waals surface area contributed by atoms with E-state index in [-0.39, 0.29) is 0 Å². The zero-order chi connectivity index (χ0) is 13.9. The van der Waals surface area contributed by atoms with Gasteiger partial charge in [0, 0.05) is 17.3 Å². The third kappa shape index (κ3) is 2.07. The molecule has 1 N–H and O–H groups in total. The molecule has 1 heterocycles. The van der Waals surface area contributed by atoms with Gasteiger partial charge < -0.3 is 10.1 Å². The number of nitrogens with one attached hydrogen (secondary N) is 1. The maximum Gasteiger partial charge on any atom is 0.119 e. The highest BCUT2D eigenvalue weighted by molar-refractivity contribution is 6.07. The van der Waals surface area contributed by atoms with Gasteiger partial charge in [-0.2, -0.15) is 0 Å². The minimum absolute atomic E-state index is 0.709. The second-order valence-electron chi connectivity index (χ2n) is 4.56. The second-order valence-corrected chi connectivity index (χ2v) is 4.56. The molecular weight excluding hydrogens is 248 g/mol. The molecule has 0 radical (unpaired) electrons. The fraction of sp³-hybridized carbons (Fsp3) is 0.118. The summed E-state index contributed by atoms with van der Waals surface area (Å²) in [7, 11) is 1.67. The lowest BCUT2D eigenvalue weighted by molar-refractivity contribution is 0.415. The zero-order valence-corrected chi connectivity index (χ0v) is 11.4. The number of hydrogen-bond donors (Lipinski definition) is 1. The molecule has 3 aromatic rings. The Morgan fingerprint density at radius 2 is 1.95 bits per heavy atom. The van der Waals surface area contributed by atoms with Crippen molar-refractivity contribution in [1.82, 2.24) is 4.98 Å². The van der Waals surface area contributed by atoms with Crippen LogP contribution in [-0.4, -0.2) is 18.6 Å². The van der Waals surface area contributed by atoms with Crippen LogP contribution in [0.25, 0.3) is 21.8 Å². The SMILES string of the molecule is C=CCNc1c2ccccc2nc2ccc(OC)cc12. The van der Waals surface area contributed by atoms with Crippen molar-refractivity contribution in [3.05, 3.63) is 55.1 Å². The first-order chi connectivity index (χ1) is 9.83. The number of ether oxygens (including phenoxy) is 1. The number of aromatic nitrogens is 1. The molecule has 0 saturated heterocycles. The number of rotatable bonds is 4. The number of benzene rings is 2. The van der Waals surface area contributed by atoms with Crippen LogP contribution >= 0.6 is 0 Å². The van der Waals surface area contributed by atoms with Crippen LogP contribution in [0.5, 0.6) is 5.75 Å². The van der Waals surface area contributed by atoms with Gasteiger partial charge in [-0.25, -0.2) is 4.98 Å². The Balaban J connectivity index is 2.35. The molecule has 0 bridgehead atoms. The average Bonchev–Trinajstić information content (AvgIpc) is 2.51. The van der Waals surface area contributed by atoms with Crippen molar-refractivity contribution in [2.45, 2.75) is 0 Å². The molecule has 0 aliphatic heterocycles. The third-order valence-electron chi connectivity index (χ3n) is 3.31. The van der Waals surface area contributed by atoms with E-state index in [2.05, 4.69) is 18.0 Å². The topological polar surface area (TPSA) is 34.2 Å². The number of nitrogens with zero attached hydrogens (tertiary/aromatic N) is 1. The second kappa shape index (κ2) is 5.21. The van der Waals surface area contributed by atoms with E-state index in [1.54, 1.807) is 7.11 Å². The summed E-state index contributed by atoms with van der Waals surface area (Å²) in [5, 5.41) is 5.58. The summed E-state index contributed by atoms with van der Waals surface area (Å²) in [6.07, 6.45) is 1.85. The molecule has 0 fully saturated rings. The van der Waals surface area contributed by atoms with E-state index >= 15 is 0 Å². The van der Waals surface area contributed by atoms with E-state index in [9.17, 15) is 0 Å². The normalized spacial score (nSPS) is 10.7. The zero-order valence-electron chi connectivity index (χ0n) is 11.4. The molecule has 3 rings (SSSR count). The van der Waals surface area contributed by atoms with Crippen molar-refractivity contribution >= 4 is 27.5 Å². The smallest absolute Gasteiger partial charge is 0.119 e. The average molecular weight is 264 g/mol. The summed E-state index contributed by atoms with van der Waals surface area (Å²) in [5.74, 6) is 0.830. The van der Waals surface area contributed by atoms with Gasteiger partial charge in [0.25, 0.3) is 0 Å². The minimum atomic E-state index is 0.709. The highest BCUT2D eigenvalue weighted by Crippen LogP contribution is 2.32. The summed E-state index contributed by atoms with van der Waals surface area (Å²) in [6.45, 7) is 4.48. The van der Waals surface area contributed by atoms with Crippen LogP contribution in [0.2, 0.25) is 0 Å². The van der Waals surface area contributed by atoms with Gasteiger partial charge in [0.05, 0.1) is 23.8 Å². The van der Waals surface area contributed by atoms with Gasteiger partial charge in [0.1, 0.15) is 5.75 Å². The van der Waals surface area contributed by atoms with Gasteiger partial charge in [-0.15, -0.1) is 6.58 Å². The highest BCUT2D eigenvalue weighted by atomic mass is 16.5. The van der Waals surface area contributed by atoms with E-state index in [1.165, 1.54) is 0 Å². The van der Waals surface area contributed by atoms with E-state index in [0.29, 0.717) is 6.54 Å². The molecular formula is C17H16N2O. The van der Waals surface area contributed by atoms with Crippen molar-refractivity contribution in [2.24, 2.45) is 0 Å². The molecule has 3 heteroatoms. The Labute approximate surface area is 117 Å². The van der Waals surface area contributed by atoms with Crippen molar-refractivity contribution in [3.8, 4) is 5.75 Å². The van der Waals surface area contributed by atoms with Crippen molar-refractivity contribution in [2.75, 3.05) is 19.0 Å². The Hall–Kier alpha value is -2.55. The van der Waals surface area contributed by atoms with Crippen molar-refractivity contribution in [1.29, 1.82) is 0 Å². The quantitative estimate of drug-likeness (QED) is 0.571. The van der Waals surface area contributed by atoms with Crippen LogP contribution in [0, 0.1) is 0 Å². The minimum Gasteiger partial charge on any atom is -0.497 e. The number of fused-ring (bicyclic) bond motifs is 2. The number of pyridine rings is 1. The number of hydrogen-bond acceptors (Lipinski definition) is 3. The lowest BCUT2D eigenvalue weighted by atomic mass is 10.1. The summed E-state index contributed by atoms with van der Waals surface area (Å²) < 4.78 is 5.32. The van der Waals surface area contributed by atoms with Gasteiger partial charge in [0.2, 0.25) is 0 Å². The van der Waals surface area contributed by atoms with Crippen LogP contribution in [-0.2, 0) is 0 Å². The van der Waals surface area contributed by atoms with Gasteiger partial charge in [-0.1, -0.05) is 24.3 Å². The predicted molar refractivity (Wildman–Crippen MR) is 84.5 cm³/mol. The molecule has 100 valence electrons. The molecule has 0 spiro atoms. The summed E-state index contributed by atoms with van der Waals surface area (Å²) in [5.41, 5.74) is 3.01. The van der Waals surface area contributed by atoms with Crippen LogP contribution in [0.1, 0.15) is 0 Å². The standard InChI is InChI=1S/C17H16N2O/c1-3-10-18-17-13-6-4-5-7-15(13)19-16-9-8-12(20-2)11-14(16)17/h3-9,11H,1,10H2,2H3,(H,18,19). The molecule has 0 saturated carbocycles. The molecule has 0 unspecified atom stereocenters. The molecule has 0 atom stereocenters. The van der Waals surface area contributed by atoms with Crippen molar-refractivity contribution < 1.29 is 4.74 Å². The number of methoxy groups -OCH3 is 1. The monoisotopic (exact) mass is 264 g/mol. The van der Waals surface area contributed by atoms with Gasteiger partial charge in [-0.05, 0) is 24.3 Å². The lowest BCUT2D eigenvalue weighted by Crippen LogP contribution is -2.00. The maximum absolute atomic E-state index is 5.32. The maximum atomic E-state index is 5.32. The first-order valence-electron chi connectivity index (χ1n) is 6.55. The Morgan fingerprint density at radius 3 is 2.75 bits per heavy atom. The van der Waals surface area contributed by atoms with Crippen LogP contribution in [0.15, 0.2) is 55.1 Å².